The molecule has 0 aliphatic heterocycles. The van der Waals surface area contributed by atoms with Crippen molar-refractivity contribution in [3.8, 4) is 44.5 Å². The van der Waals surface area contributed by atoms with Crippen LogP contribution in [0.25, 0.3) is 44.5 Å². The Bertz CT molecular complexity index is 2530. The fourth-order valence-electron chi connectivity index (χ4n) is 9.15. The first-order valence-corrected chi connectivity index (χ1v) is 19.0. The second-order valence-electron chi connectivity index (χ2n) is 17.0. The maximum Gasteiger partial charge on any atom is 0.0540 e. The summed E-state index contributed by atoms with van der Waals surface area (Å²) in [5.41, 5.74) is 20.5. The predicted molar refractivity (Wildman–Crippen MR) is 226 cm³/mol. The molecule has 2 aliphatic rings. The predicted octanol–water partition coefficient (Wildman–Crippen LogP) is 14.4. The zero-order valence-corrected chi connectivity index (χ0v) is 32.0. The van der Waals surface area contributed by atoms with Crippen LogP contribution in [0.15, 0.2) is 158 Å². The van der Waals surface area contributed by atoms with Crippen molar-refractivity contribution < 1.29 is 0 Å². The third-order valence-corrected chi connectivity index (χ3v) is 12.0. The molecule has 0 fully saturated rings. The SMILES string of the molecule is CC(C)(C)c1cc(-c2ccccc2)c2c(c1)-c1ccc(N(c3ccc4c(c3)C(C)(C)c3ccccc3-4)c3ccccc3-c3ccccc3)cc1C2(C)C. The smallest absolute Gasteiger partial charge is 0.0540 e. The van der Waals surface area contributed by atoms with Crippen molar-refractivity contribution in [1.29, 1.82) is 0 Å². The molecule has 9 rings (SSSR count). The van der Waals surface area contributed by atoms with Gasteiger partial charge in [0.15, 0.2) is 0 Å². The molecule has 2 aliphatic carbocycles. The highest BCUT2D eigenvalue weighted by Crippen LogP contribution is 2.56. The molecule has 0 saturated carbocycles. The summed E-state index contributed by atoms with van der Waals surface area (Å²) in [6.45, 7) is 16.6. The molecule has 0 amide bonds. The molecule has 0 bridgehead atoms. The van der Waals surface area contributed by atoms with E-state index in [2.05, 4.69) is 211 Å². The van der Waals surface area contributed by atoms with Crippen molar-refractivity contribution in [2.75, 3.05) is 4.90 Å². The Kier molecular flexibility index (Phi) is 7.48. The number of rotatable bonds is 5. The van der Waals surface area contributed by atoms with Gasteiger partial charge >= 0.3 is 0 Å². The molecular weight excluding hydrogens is 639 g/mol. The van der Waals surface area contributed by atoms with Crippen molar-refractivity contribution >= 4 is 17.1 Å². The average Bonchev–Trinajstić information content (AvgIpc) is 3.54. The molecule has 0 N–H and O–H groups in total. The summed E-state index contributed by atoms with van der Waals surface area (Å²) in [7, 11) is 0. The van der Waals surface area contributed by atoms with Crippen LogP contribution in [-0.2, 0) is 16.2 Å². The number of fused-ring (bicyclic) bond motifs is 6. The van der Waals surface area contributed by atoms with E-state index in [-0.39, 0.29) is 16.2 Å². The zero-order valence-electron chi connectivity index (χ0n) is 32.0. The van der Waals surface area contributed by atoms with Crippen LogP contribution in [0, 0.1) is 0 Å². The molecule has 0 saturated heterocycles. The Morgan fingerprint density at radius 1 is 0.396 bits per heavy atom. The third kappa shape index (κ3) is 5.20. The summed E-state index contributed by atoms with van der Waals surface area (Å²) < 4.78 is 0. The fourth-order valence-corrected chi connectivity index (χ4v) is 9.15. The lowest BCUT2D eigenvalue weighted by molar-refractivity contribution is 0.589. The number of hydrogen-bond acceptors (Lipinski definition) is 1. The summed E-state index contributed by atoms with van der Waals surface area (Å²) in [5, 5.41) is 0. The van der Waals surface area contributed by atoms with Gasteiger partial charge < -0.3 is 4.90 Å². The molecule has 53 heavy (non-hydrogen) atoms. The molecule has 1 nitrogen and oxygen atoms in total. The molecule has 0 spiro atoms. The van der Waals surface area contributed by atoms with Crippen molar-refractivity contribution in [2.45, 2.75) is 64.7 Å². The maximum atomic E-state index is 2.50. The van der Waals surface area contributed by atoms with Crippen LogP contribution < -0.4 is 4.90 Å². The van der Waals surface area contributed by atoms with Gasteiger partial charge in [-0.05, 0) is 103 Å². The summed E-state index contributed by atoms with van der Waals surface area (Å²) in [6, 6.07) is 58.9. The van der Waals surface area contributed by atoms with Gasteiger partial charge in [-0.3, -0.25) is 0 Å². The first-order chi connectivity index (χ1) is 25.4. The minimum Gasteiger partial charge on any atom is -0.310 e. The third-order valence-electron chi connectivity index (χ3n) is 12.0. The average molecular weight is 686 g/mol. The lowest BCUT2D eigenvalue weighted by atomic mass is 9.76. The molecule has 0 heterocycles. The second-order valence-corrected chi connectivity index (χ2v) is 17.0. The van der Waals surface area contributed by atoms with Crippen LogP contribution in [0.4, 0.5) is 17.1 Å². The second kappa shape index (κ2) is 11.9. The van der Waals surface area contributed by atoms with E-state index in [0.29, 0.717) is 0 Å². The Labute approximate surface area is 315 Å². The Hall–Kier alpha value is -5.66. The van der Waals surface area contributed by atoms with Gasteiger partial charge in [0.2, 0.25) is 0 Å². The van der Waals surface area contributed by atoms with E-state index in [9.17, 15) is 0 Å². The van der Waals surface area contributed by atoms with E-state index in [1.54, 1.807) is 0 Å². The quantitative estimate of drug-likeness (QED) is 0.174. The minimum absolute atomic E-state index is 0.0182. The van der Waals surface area contributed by atoms with E-state index in [1.807, 2.05) is 0 Å². The molecule has 0 unspecified atom stereocenters. The highest BCUT2D eigenvalue weighted by atomic mass is 15.1. The van der Waals surface area contributed by atoms with Gasteiger partial charge in [0.25, 0.3) is 0 Å². The number of nitrogens with zero attached hydrogens (tertiary/aromatic N) is 1. The summed E-state index contributed by atoms with van der Waals surface area (Å²) >= 11 is 0. The Morgan fingerprint density at radius 2 is 0.868 bits per heavy atom. The normalized spacial score (nSPS) is 14.6. The van der Waals surface area contributed by atoms with E-state index >= 15 is 0 Å². The Balaban J connectivity index is 1.27. The maximum absolute atomic E-state index is 2.50. The van der Waals surface area contributed by atoms with Crippen LogP contribution in [-0.4, -0.2) is 0 Å². The van der Waals surface area contributed by atoms with Crippen LogP contribution in [0.2, 0.25) is 0 Å². The lowest BCUT2D eigenvalue weighted by Crippen LogP contribution is -2.19. The standard InChI is InChI=1S/C52H47N/c1-50(2,3)36-30-43(35-20-12-9-13-21-35)49-44(31-36)42-29-27-38(33-47(42)52(49,6)7)53(48-25-17-15-22-39(48)34-18-10-8-11-19-34)37-26-28-41-40-23-14-16-24-45(40)51(4,5)46(41)32-37/h8-33H,1-7H3. The van der Waals surface area contributed by atoms with E-state index < -0.39 is 0 Å². The molecule has 260 valence electrons. The van der Waals surface area contributed by atoms with Gasteiger partial charge in [-0.1, -0.05) is 176 Å². The molecule has 0 atom stereocenters. The van der Waals surface area contributed by atoms with E-state index in [0.717, 1.165) is 0 Å². The van der Waals surface area contributed by atoms with Crippen LogP contribution >= 0.6 is 0 Å². The summed E-state index contributed by atoms with van der Waals surface area (Å²) in [6.07, 6.45) is 0. The largest absolute Gasteiger partial charge is 0.310 e. The van der Waals surface area contributed by atoms with Crippen molar-refractivity contribution in [3.05, 3.63) is 186 Å². The first-order valence-electron chi connectivity index (χ1n) is 19.0. The topological polar surface area (TPSA) is 3.24 Å². The van der Waals surface area contributed by atoms with Crippen molar-refractivity contribution in [1.82, 2.24) is 0 Å². The lowest BCUT2D eigenvalue weighted by Gasteiger charge is -2.31. The summed E-state index contributed by atoms with van der Waals surface area (Å²) in [5.74, 6) is 0. The van der Waals surface area contributed by atoms with Crippen LogP contribution in [0.1, 0.15) is 76.3 Å². The van der Waals surface area contributed by atoms with Gasteiger partial charge in [-0.25, -0.2) is 0 Å². The minimum atomic E-state index is -0.214. The molecule has 0 aromatic heterocycles. The highest BCUT2D eigenvalue weighted by Gasteiger charge is 2.40. The number of anilines is 3. The van der Waals surface area contributed by atoms with E-state index in [1.165, 1.54) is 89.4 Å². The van der Waals surface area contributed by atoms with Gasteiger partial charge in [0.1, 0.15) is 0 Å². The van der Waals surface area contributed by atoms with Gasteiger partial charge in [-0.2, -0.15) is 0 Å². The van der Waals surface area contributed by atoms with Gasteiger partial charge in [-0.15, -0.1) is 0 Å². The molecular formula is C52H47N. The monoisotopic (exact) mass is 685 g/mol. The molecule has 1 heteroatoms. The van der Waals surface area contributed by atoms with E-state index in [4.69, 9.17) is 0 Å². The highest BCUT2D eigenvalue weighted by molar-refractivity contribution is 5.94. The number of benzene rings is 7. The number of para-hydroxylation sites is 1. The fraction of sp³-hybridized carbons (Fsp3) is 0.192. The number of hydrogen-bond donors (Lipinski definition) is 0. The molecule has 7 aromatic rings. The summed E-state index contributed by atoms with van der Waals surface area (Å²) in [4.78, 5) is 2.50. The van der Waals surface area contributed by atoms with Crippen LogP contribution in [0.5, 0.6) is 0 Å². The first kappa shape index (κ1) is 33.2. The molecule has 7 aromatic carbocycles. The zero-order chi connectivity index (χ0) is 36.7. The van der Waals surface area contributed by atoms with Crippen molar-refractivity contribution in [3.63, 3.8) is 0 Å². The Morgan fingerprint density at radius 3 is 1.49 bits per heavy atom. The van der Waals surface area contributed by atoms with Crippen molar-refractivity contribution in [2.24, 2.45) is 0 Å². The van der Waals surface area contributed by atoms with Gasteiger partial charge in [0, 0.05) is 27.8 Å². The van der Waals surface area contributed by atoms with Crippen LogP contribution in [0.3, 0.4) is 0 Å². The van der Waals surface area contributed by atoms with Gasteiger partial charge in [0.05, 0.1) is 5.69 Å². The molecule has 0 radical (unpaired) electrons.